The Kier molecular flexibility index (Phi) is 3.46. The molecule has 3 rings (SSSR count). The molecule has 0 saturated heterocycles. The molecule has 0 spiro atoms. The van der Waals surface area contributed by atoms with Crippen molar-refractivity contribution >= 4 is 33.3 Å². The first-order chi connectivity index (χ1) is 10.1. The Labute approximate surface area is 128 Å². The number of rotatable bonds is 3. The van der Waals surface area contributed by atoms with Crippen molar-refractivity contribution in [2.45, 2.75) is 19.8 Å². The van der Waals surface area contributed by atoms with Crippen molar-refractivity contribution in [1.82, 2.24) is 24.8 Å². The number of amides is 1. The highest BCUT2D eigenvalue weighted by Crippen LogP contribution is 2.26. The summed E-state index contributed by atoms with van der Waals surface area (Å²) in [7, 11) is 0. The van der Waals surface area contributed by atoms with Gasteiger partial charge in [0.25, 0.3) is 5.91 Å². The lowest BCUT2D eigenvalue weighted by atomic mass is 10.1. The number of H-pyrrole nitrogens is 1. The Hall–Kier alpha value is -2.22. The molecule has 1 amide bonds. The predicted molar refractivity (Wildman–Crippen MR) is 81.3 cm³/mol. The van der Waals surface area contributed by atoms with Crippen LogP contribution in [0.3, 0.4) is 0 Å². The number of anilines is 1. The summed E-state index contributed by atoms with van der Waals surface area (Å²) in [5.41, 5.74) is 1.87. The number of hydrogen-bond acceptors (Lipinski definition) is 4. The number of carbonyl (C=O) groups excluding carboxylic acids is 1. The van der Waals surface area contributed by atoms with Crippen LogP contribution in [0.2, 0.25) is 0 Å². The summed E-state index contributed by atoms with van der Waals surface area (Å²) in [5.74, 6) is 0.469. The molecule has 7 nitrogen and oxygen atoms in total. The van der Waals surface area contributed by atoms with Crippen LogP contribution >= 0.6 is 15.9 Å². The molecular weight excluding hydrogens is 336 g/mol. The predicted octanol–water partition coefficient (Wildman–Crippen LogP) is 2.59. The van der Waals surface area contributed by atoms with Crippen LogP contribution in [-0.2, 0) is 0 Å². The number of nitrogens with zero attached hydrogens (tertiary/aromatic N) is 4. The third-order valence-corrected chi connectivity index (χ3v) is 3.86. The Morgan fingerprint density at radius 3 is 2.90 bits per heavy atom. The van der Waals surface area contributed by atoms with Gasteiger partial charge in [-0.05, 0) is 27.9 Å². The van der Waals surface area contributed by atoms with Gasteiger partial charge in [-0.1, -0.05) is 13.8 Å². The van der Waals surface area contributed by atoms with E-state index >= 15 is 0 Å². The zero-order chi connectivity index (χ0) is 15.0. The minimum Gasteiger partial charge on any atom is -0.305 e. The van der Waals surface area contributed by atoms with Crippen molar-refractivity contribution in [2.24, 2.45) is 0 Å². The van der Waals surface area contributed by atoms with E-state index in [1.165, 1.54) is 0 Å². The molecule has 0 saturated carbocycles. The number of hydrogen-bond donors (Lipinski definition) is 2. The molecule has 0 aliphatic heterocycles. The van der Waals surface area contributed by atoms with E-state index in [9.17, 15) is 4.79 Å². The van der Waals surface area contributed by atoms with Crippen molar-refractivity contribution in [3.8, 4) is 0 Å². The lowest BCUT2D eigenvalue weighted by Crippen LogP contribution is -2.16. The fourth-order valence-electron chi connectivity index (χ4n) is 1.98. The van der Waals surface area contributed by atoms with E-state index in [0.717, 1.165) is 5.69 Å². The maximum Gasteiger partial charge on any atom is 0.278 e. The van der Waals surface area contributed by atoms with Gasteiger partial charge in [0.05, 0.1) is 16.4 Å². The first-order valence-corrected chi connectivity index (χ1v) is 7.21. The minimum absolute atomic E-state index is 0.243. The topological polar surface area (TPSA) is 88.0 Å². The van der Waals surface area contributed by atoms with Gasteiger partial charge < -0.3 is 5.32 Å². The molecule has 2 N–H and O–H groups in total. The second kappa shape index (κ2) is 5.28. The minimum atomic E-state index is -0.312. The first-order valence-electron chi connectivity index (χ1n) is 6.41. The molecule has 108 valence electrons. The zero-order valence-corrected chi connectivity index (χ0v) is 13.0. The molecule has 0 aliphatic rings. The summed E-state index contributed by atoms with van der Waals surface area (Å²) < 4.78 is 2.24. The molecule has 3 aromatic rings. The Balaban J connectivity index is 1.92. The Bertz CT molecular complexity index is 806. The second-order valence-corrected chi connectivity index (χ2v) is 5.63. The molecule has 8 heteroatoms. The number of fused-ring (bicyclic) bond motifs is 1. The molecule has 0 atom stereocenters. The number of aromatic nitrogens is 5. The van der Waals surface area contributed by atoms with E-state index < -0.39 is 0 Å². The van der Waals surface area contributed by atoms with E-state index in [1.807, 2.05) is 13.8 Å². The lowest BCUT2D eigenvalue weighted by Gasteiger charge is -2.06. The molecule has 0 radical (unpaired) electrons. The fraction of sp³-hybridized carbons (Fsp3) is 0.231. The quantitative estimate of drug-likeness (QED) is 0.761. The monoisotopic (exact) mass is 348 g/mol. The van der Waals surface area contributed by atoms with Crippen molar-refractivity contribution in [3.63, 3.8) is 0 Å². The SMILES string of the molecule is CC(C)c1[nH]nc(C(=O)Nc2ccnc3ccnn23)c1Br. The average molecular weight is 349 g/mol. The average Bonchev–Trinajstić information content (AvgIpc) is 3.05. The maximum atomic E-state index is 12.4. The van der Waals surface area contributed by atoms with Crippen LogP contribution in [0.4, 0.5) is 5.82 Å². The third kappa shape index (κ3) is 2.42. The number of nitrogens with one attached hydrogen (secondary N) is 2. The number of aromatic amines is 1. The van der Waals surface area contributed by atoms with E-state index in [-0.39, 0.29) is 11.8 Å². The number of halogens is 1. The van der Waals surface area contributed by atoms with Crippen molar-refractivity contribution in [1.29, 1.82) is 0 Å². The summed E-state index contributed by atoms with van der Waals surface area (Å²) in [6.07, 6.45) is 3.24. The van der Waals surface area contributed by atoms with E-state index in [4.69, 9.17) is 0 Å². The summed E-state index contributed by atoms with van der Waals surface area (Å²) >= 11 is 3.42. The van der Waals surface area contributed by atoms with Crippen molar-refractivity contribution < 1.29 is 4.79 Å². The van der Waals surface area contributed by atoms with Gasteiger partial charge in [0, 0.05) is 12.3 Å². The van der Waals surface area contributed by atoms with E-state index in [0.29, 0.717) is 21.6 Å². The smallest absolute Gasteiger partial charge is 0.278 e. The van der Waals surface area contributed by atoms with Crippen LogP contribution in [0, 0.1) is 0 Å². The molecule has 3 heterocycles. The highest BCUT2D eigenvalue weighted by molar-refractivity contribution is 9.10. The molecule has 0 aromatic carbocycles. The molecule has 0 bridgehead atoms. The molecule has 21 heavy (non-hydrogen) atoms. The Morgan fingerprint density at radius 1 is 1.38 bits per heavy atom. The summed E-state index contributed by atoms with van der Waals surface area (Å²) in [6.45, 7) is 4.05. The van der Waals surface area contributed by atoms with Gasteiger partial charge in [-0.25, -0.2) is 4.98 Å². The molecule has 0 unspecified atom stereocenters. The maximum absolute atomic E-state index is 12.4. The van der Waals surface area contributed by atoms with Gasteiger partial charge in [0.1, 0.15) is 5.82 Å². The van der Waals surface area contributed by atoms with E-state index in [1.54, 1.807) is 29.0 Å². The van der Waals surface area contributed by atoms with Crippen LogP contribution in [0.15, 0.2) is 29.0 Å². The third-order valence-electron chi connectivity index (χ3n) is 3.06. The van der Waals surface area contributed by atoms with Gasteiger partial charge in [0.15, 0.2) is 11.3 Å². The first kappa shape index (κ1) is 13.7. The van der Waals surface area contributed by atoms with Gasteiger partial charge in [0.2, 0.25) is 0 Å². The van der Waals surface area contributed by atoms with Crippen LogP contribution in [-0.4, -0.2) is 30.7 Å². The molecule has 0 aliphatic carbocycles. The normalized spacial score (nSPS) is 11.2. The second-order valence-electron chi connectivity index (χ2n) is 4.84. The van der Waals surface area contributed by atoms with Crippen LogP contribution in [0.1, 0.15) is 35.9 Å². The van der Waals surface area contributed by atoms with Crippen LogP contribution in [0.25, 0.3) is 5.65 Å². The standard InChI is InChI=1S/C13H13BrN6O/c1-7(2)11-10(14)12(19-18-11)13(21)17-9-3-5-15-8-4-6-16-20(8)9/h3-7H,1-2H3,(H,17,21)(H,18,19). The lowest BCUT2D eigenvalue weighted by molar-refractivity contribution is 0.102. The molecule has 3 aromatic heterocycles. The summed E-state index contributed by atoms with van der Waals surface area (Å²) in [6, 6.07) is 3.44. The van der Waals surface area contributed by atoms with Crippen LogP contribution in [0.5, 0.6) is 0 Å². The van der Waals surface area contributed by atoms with Crippen LogP contribution < -0.4 is 5.32 Å². The summed E-state index contributed by atoms with van der Waals surface area (Å²) in [4.78, 5) is 16.5. The molecular formula is C13H13BrN6O. The van der Waals surface area contributed by atoms with Crippen molar-refractivity contribution in [3.05, 3.63) is 40.4 Å². The van der Waals surface area contributed by atoms with Gasteiger partial charge in [-0.3, -0.25) is 9.89 Å². The van der Waals surface area contributed by atoms with Gasteiger partial charge in [-0.2, -0.15) is 14.7 Å². The summed E-state index contributed by atoms with van der Waals surface area (Å²) in [5, 5.41) is 13.9. The number of carbonyl (C=O) groups is 1. The largest absolute Gasteiger partial charge is 0.305 e. The zero-order valence-electron chi connectivity index (χ0n) is 11.5. The molecule has 0 fully saturated rings. The Morgan fingerprint density at radius 2 is 2.19 bits per heavy atom. The fourth-order valence-corrected chi connectivity index (χ4v) is 2.79. The van der Waals surface area contributed by atoms with Gasteiger partial charge in [-0.15, -0.1) is 0 Å². The highest BCUT2D eigenvalue weighted by Gasteiger charge is 2.20. The van der Waals surface area contributed by atoms with Crippen molar-refractivity contribution in [2.75, 3.05) is 5.32 Å². The van der Waals surface area contributed by atoms with Gasteiger partial charge >= 0.3 is 0 Å². The van der Waals surface area contributed by atoms with E-state index in [2.05, 4.69) is 41.5 Å². The highest BCUT2D eigenvalue weighted by atomic mass is 79.9.